The molecule has 1 fully saturated rings. The summed E-state index contributed by atoms with van der Waals surface area (Å²) in [5, 5.41) is 21.0. The molecule has 1 aliphatic rings. The van der Waals surface area contributed by atoms with E-state index in [9.17, 15) is 5.26 Å². The quantitative estimate of drug-likeness (QED) is 0.924. The number of nitriles is 1. The Kier molecular flexibility index (Phi) is 5.27. The molecule has 0 aliphatic carbocycles. The second-order valence-corrected chi connectivity index (χ2v) is 6.37. The van der Waals surface area contributed by atoms with Crippen LogP contribution in [0.25, 0.3) is 0 Å². The monoisotopic (exact) mass is 337 g/mol. The van der Waals surface area contributed by atoms with Crippen molar-refractivity contribution in [2.24, 2.45) is 0 Å². The number of aromatic nitrogens is 2. The van der Waals surface area contributed by atoms with Gasteiger partial charge in [-0.15, -0.1) is 5.10 Å². The van der Waals surface area contributed by atoms with E-state index in [-0.39, 0.29) is 12.1 Å². The van der Waals surface area contributed by atoms with Crippen molar-refractivity contribution in [3.8, 4) is 6.07 Å². The van der Waals surface area contributed by atoms with Crippen LogP contribution in [0.1, 0.15) is 28.4 Å². The molecule has 1 N–H and O–H groups in total. The van der Waals surface area contributed by atoms with E-state index in [0.29, 0.717) is 24.5 Å². The zero-order valence-electron chi connectivity index (χ0n) is 14.9. The van der Waals surface area contributed by atoms with Gasteiger partial charge in [0.2, 0.25) is 0 Å². The van der Waals surface area contributed by atoms with Crippen molar-refractivity contribution in [3.63, 3.8) is 0 Å². The lowest BCUT2D eigenvalue weighted by atomic mass is 9.98. The smallest absolute Gasteiger partial charge is 0.167 e. The fourth-order valence-electron chi connectivity index (χ4n) is 3.22. The standard InChI is InChI=1S/C19H23N5O/c1-13-14(2)22-23-19(16(13)11-20)21-12-17-18(24(3)9-10-25-17)15-7-5-4-6-8-15/h4-8,17-18H,9-10,12H2,1-3H3,(H,21,23)/t17-,18-/m0/s1. The highest BCUT2D eigenvalue weighted by Gasteiger charge is 2.31. The van der Waals surface area contributed by atoms with Crippen LogP contribution < -0.4 is 5.32 Å². The summed E-state index contributed by atoms with van der Waals surface area (Å²) >= 11 is 0. The maximum Gasteiger partial charge on any atom is 0.167 e. The van der Waals surface area contributed by atoms with Crippen molar-refractivity contribution in [2.45, 2.75) is 26.0 Å². The van der Waals surface area contributed by atoms with Crippen molar-refractivity contribution >= 4 is 5.82 Å². The predicted molar refractivity (Wildman–Crippen MR) is 96.3 cm³/mol. The molecule has 2 heterocycles. The van der Waals surface area contributed by atoms with Crippen LogP contribution in [0.2, 0.25) is 0 Å². The molecule has 1 aliphatic heterocycles. The maximum absolute atomic E-state index is 9.44. The lowest BCUT2D eigenvalue weighted by molar-refractivity contribution is -0.0557. The number of ether oxygens (including phenoxy) is 1. The zero-order valence-corrected chi connectivity index (χ0v) is 14.9. The fraction of sp³-hybridized carbons (Fsp3) is 0.421. The van der Waals surface area contributed by atoms with Gasteiger partial charge < -0.3 is 10.1 Å². The molecule has 0 spiro atoms. The first-order valence-electron chi connectivity index (χ1n) is 8.46. The molecular weight excluding hydrogens is 314 g/mol. The first kappa shape index (κ1) is 17.3. The second kappa shape index (κ2) is 7.60. The molecule has 1 aromatic heterocycles. The summed E-state index contributed by atoms with van der Waals surface area (Å²) in [5.41, 5.74) is 3.41. The molecule has 0 bridgehead atoms. The lowest BCUT2D eigenvalue weighted by Gasteiger charge is -2.39. The van der Waals surface area contributed by atoms with Crippen molar-refractivity contribution in [1.29, 1.82) is 5.26 Å². The van der Waals surface area contributed by atoms with Gasteiger partial charge in [0.25, 0.3) is 0 Å². The van der Waals surface area contributed by atoms with Gasteiger partial charge in [0.1, 0.15) is 11.6 Å². The van der Waals surface area contributed by atoms with Gasteiger partial charge in [0.15, 0.2) is 5.82 Å². The van der Waals surface area contributed by atoms with Gasteiger partial charge in [-0.1, -0.05) is 30.3 Å². The molecule has 6 heteroatoms. The number of nitrogens with zero attached hydrogens (tertiary/aromatic N) is 4. The molecular formula is C19H23N5O. The molecule has 0 unspecified atom stereocenters. The zero-order chi connectivity index (χ0) is 17.8. The third kappa shape index (κ3) is 3.63. The summed E-state index contributed by atoms with van der Waals surface area (Å²) in [6.45, 7) is 5.90. The van der Waals surface area contributed by atoms with Gasteiger partial charge in [-0.2, -0.15) is 10.4 Å². The summed E-state index contributed by atoms with van der Waals surface area (Å²) in [5.74, 6) is 0.522. The van der Waals surface area contributed by atoms with Crippen molar-refractivity contribution in [1.82, 2.24) is 15.1 Å². The minimum atomic E-state index is -0.0314. The van der Waals surface area contributed by atoms with E-state index in [1.165, 1.54) is 5.56 Å². The molecule has 6 nitrogen and oxygen atoms in total. The van der Waals surface area contributed by atoms with Crippen LogP contribution in [0.4, 0.5) is 5.82 Å². The predicted octanol–water partition coefficient (Wildman–Crippen LogP) is 2.45. The molecule has 2 aromatic rings. The van der Waals surface area contributed by atoms with Crippen molar-refractivity contribution in [2.75, 3.05) is 32.1 Å². The Morgan fingerprint density at radius 2 is 2.04 bits per heavy atom. The largest absolute Gasteiger partial charge is 0.373 e. The van der Waals surface area contributed by atoms with Gasteiger partial charge in [-0.25, -0.2) is 0 Å². The number of aryl methyl sites for hydroxylation is 1. The van der Waals surface area contributed by atoms with E-state index in [1.807, 2.05) is 32.0 Å². The van der Waals surface area contributed by atoms with Crippen molar-refractivity contribution < 1.29 is 4.74 Å². The molecule has 1 saturated heterocycles. The van der Waals surface area contributed by atoms with Crippen LogP contribution in [0, 0.1) is 25.2 Å². The molecule has 2 atom stereocenters. The Bertz CT molecular complexity index is 771. The number of benzene rings is 1. The van der Waals surface area contributed by atoms with Crippen molar-refractivity contribution in [3.05, 3.63) is 52.7 Å². The van der Waals surface area contributed by atoms with E-state index in [4.69, 9.17) is 4.74 Å². The highest BCUT2D eigenvalue weighted by Crippen LogP contribution is 2.28. The second-order valence-electron chi connectivity index (χ2n) is 6.37. The summed E-state index contributed by atoms with van der Waals surface area (Å²) in [7, 11) is 2.11. The number of nitrogens with one attached hydrogen (secondary N) is 1. The SMILES string of the molecule is Cc1nnc(NC[C@@H]2OCCN(C)[C@H]2c2ccccc2)c(C#N)c1C. The Morgan fingerprint density at radius 1 is 1.28 bits per heavy atom. The highest BCUT2D eigenvalue weighted by molar-refractivity contribution is 5.55. The number of hydrogen-bond donors (Lipinski definition) is 1. The normalized spacial score (nSPS) is 20.9. The third-order valence-electron chi connectivity index (χ3n) is 4.78. The Hall–Kier alpha value is -2.49. The average Bonchev–Trinajstić information content (AvgIpc) is 2.63. The molecule has 1 aromatic carbocycles. The molecule has 3 rings (SSSR count). The topological polar surface area (TPSA) is 74.1 Å². The number of hydrogen-bond acceptors (Lipinski definition) is 6. The Labute approximate surface area is 148 Å². The van der Waals surface area contributed by atoms with E-state index in [0.717, 1.165) is 17.8 Å². The summed E-state index contributed by atoms with van der Waals surface area (Å²) in [6.07, 6.45) is -0.0314. The summed E-state index contributed by atoms with van der Waals surface area (Å²) < 4.78 is 6.03. The molecule has 0 saturated carbocycles. The van der Waals surface area contributed by atoms with Gasteiger partial charge in [-0.05, 0) is 32.0 Å². The lowest BCUT2D eigenvalue weighted by Crippen LogP contribution is -2.46. The number of likely N-dealkylation sites (N-methyl/N-ethyl adjacent to an activating group) is 1. The minimum absolute atomic E-state index is 0.0314. The third-order valence-corrected chi connectivity index (χ3v) is 4.78. The van der Waals surface area contributed by atoms with Crippen LogP contribution in [-0.4, -0.2) is 47.9 Å². The fourth-order valence-corrected chi connectivity index (χ4v) is 3.22. The van der Waals surface area contributed by atoms with Crippen LogP contribution in [0.15, 0.2) is 30.3 Å². The number of rotatable bonds is 4. The highest BCUT2D eigenvalue weighted by atomic mass is 16.5. The van der Waals surface area contributed by atoms with E-state index >= 15 is 0 Å². The summed E-state index contributed by atoms with van der Waals surface area (Å²) in [6, 6.07) is 12.7. The van der Waals surface area contributed by atoms with E-state index < -0.39 is 0 Å². The number of anilines is 1. The first-order chi connectivity index (χ1) is 12.1. The van der Waals surface area contributed by atoms with E-state index in [1.54, 1.807) is 0 Å². The van der Waals surface area contributed by atoms with Gasteiger partial charge >= 0.3 is 0 Å². The maximum atomic E-state index is 9.44. The number of morpholine rings is 1. The summed E-state index contributed by atoms with van der Waals surface area (Å²) in [4.78, 5) is 2.31. The van der Waals surface area contributed by atoms with Gasteiger partial charge in [-0.3, -0.25) is 4.90 Å². The Balaban J connectivity index is 1.80. The van der Waals surface area contributed by atoms with Gasteiger partial charge in [0, 0.05) is 13.1 Å². The average molecular weight is 337 g/mol. The van der Waals surface area contributed by atoms with E-state index in [2.05, 4.69) is 45.7 Å². The van der Waals surface area contributed by atoms with Gasteiger partial charge in [0.05, 0.1) is 24.4 Å². The molecule has 0 radical (unpaired) electrons. The van der Waals surface area contributed by atoms with Crippen LogP contribution >= 0.6 is 0 Å². The Morgan fingerprint density at radius 3 is 2.76 bits per heavy atom. The van der Waals surface area contributed by atoms with Crippen LogP contribution in [0.5, 0.6) is 0 Å². The molecule has 130 valence electrons. The van der Waals surface area contributed by atoms with Crippen LogP contribution in [0.3, 0.4) is 0 Å². The molecule has 0 amide bonds. The van der Waals surface area contributed by atoms with Crippen LogP contribution in [-0.2, 0) is 4.74 Å². The first-order valence-corrected chi connectivity index (χ1v) is 8.46. The minimum Gasteiger partial charge on any atom is -0.373 e. The molecule has 25 heavy (non-hydrogen) atoms.